The summed E-state index contributed by atoms with van der Waals surface area (Å²) in [6.45, 7) is 0. The van der Waals surface area contributed by atoms with Crippen molar-refractivity contribution >= 4 is 21.9 Å². The van der Waals surface area contributed by atoms with Gasteiger partial charge in [0.25, 0.3) is 0 Å². The monoisotopic (exact) mass is 722 g/mol. The molecule has 1 aliphatic heterocycles. The fourth-order valence-corrected chi connectivity index (χ4v) is 13.6. The number of rotatable bonds is 3. The highest BCUT2D eigenvalue weighted by Gasteiger charge is 2.71. The van der Waals surface area contributed by atoms with Crippen LogP contribution in [0, 0.1) is 23.2 Å². The van der Waals surface area contributed by atoms with Gasteiger partial charge < -0.3 is 9.15 Å². The zero-order chi connectivity index (χ0) is 36.4. The molecule has 4 saturated carbocycles. The van der Waals surface area contributed by atoms with Crippen molar-refractivity contribution in [2.24, 2.45) is 23.2 Å². The molecule has 56 heavy (non-hydrogen) atoms. The molecule has 4 fully saturated rings. The SMILES string of the molecule is c1ccc2c(c1)Oc1ccccc1C21c2ccccc2-c2c(-c3cc(-c4ccc5oc6ccccc6c5c4)nc(C45CC6C[C@@H]7C[C@@H](C4)CC67C5)n3)cccc21. The van der Waals surface area contributed by atoms with E-state index < -0.39 is 5.41 Å². The van der Waals surface area contributed by atoms with E-state index in [0.29, 0.717) is 5.41 Å². The topological polar surface area (TPSA) is 48.2 Å². The van der Waals surface area contributed by atoms with Crippen molar-refractivity contribution < 1.29 is 9.15 Å². The number of aromatic nitrogens is 2. The highest BCUT2D eigenvalue weighted by Crippen LogP contribution is 2.78. The average Bonchev–Trinajstić information content (AvgIpc) is 3.88. The Morgan fingerprint density at radius 2 is 1.25 bits per heavy atom. The van der Waals surface area contributed by atoms with Crippen LogP contribution in [0.4, 0.5) is 0 Å². The van der Waals surface area contributed by atoms with E-state index in [1.54, 1.807) is 0 Å². The van der Waals surface area contributed by atoms with E-state index in [1.165, 1.54) is 77.5 Å². The number of nitrogens with zero attached hydrogens (tertiary/aromatic N) is 2. The summed E-state index contributed by atoms with van der Waals surface area (Å²) >= 11 is 0. The third-order valence-electron chi connectivity index (χ3n) is 15.5. The van der Waals surface area contributed by atoms with Gasteiger partial charge in [0.2, 0.25) is 0 Å². The van der Waals surface area contributed by atoms with Crippen LogP contribution in [0.1, 0.15) is 66.6 Å². The van der Waals surface area contributed by atoms with Crippen molar-refractivity contribution in [2.75, 3.05) is 0 Å². The molecule has 4 nitrogen and oxygen atoms in total. The molecule has 4 heteroatoms. The van der Waals surface area contributed by atoms with Gasteiger partial charge in [-0.25, -0.2) is 9.97 Å². The van der Waals surface area contributed by atoms with Gasteiger partial charge in [-0.2, -0.15) is 0 Å². The minimum absolute atomic E-state index is 0.0334. The molecule has 2 aromatic heterocycles. The first-order valence-electron chi connectivity index (χ1n) is 20.5. The quantitative estimate of drug-likeness (QED) is 0.182. The van der Waals surface area contributed by atoms with Gasteiger partial charge in [-0.15, -0.1) is 0 Å². The van der Waals surface area contributed by atoms with Gasteiger partial charge in [0.05, 0.1) is 16.8 Å². The Morgan fingerprint density at radius 1 is 0.536 bits per heavy atom. The average molecular weight is 723 g/mol. The molecule has 268 valence electrons. The molecular weight excluding hydrogens is 685 g/mol. The summed E-state index contributed by atoms with van der Waals surface area (Å²) in [4.78, 5) is 11.5. The smallest absolute Gasteiger partial charge is 0.135 e. The number of para-hydroxylation sites is 3. The van der Waals surface area contributed by atoms with E-state index in [9.17, 15) is 0 Å². The van der Waals surface area contributed by atoms with Crippen LogP contribution in [-0.4, -0.2) is 9.97 Å². The first kappa shape index (κ1) is 30.2. The van der Waals surface area contributed by atoms with Crippen LogP contribution in [-0.2, 0) is 10.8 Å². The first-order valence-corrected chi connectivity index (χ1v) is 20.5. The molecule has 6 aromatic carbocycles. The Hall–Kier alpha value is -6.00. The largest absolute Gasteiger partial charge is 0.457 e. The fraction of sp³-hybridized carbons (Fsp3) is 0.231. The third kappa shape index (κ3) is 3.58. The molecule has 5 atom stereocenters. The lowest BCUT2D eigenvalue weighted by Crippen LogP contribution is -2.42. The summed E-state index contributed by atoms with van der Waals surface area (Å²) in [6.07, 6.45) is 7.97. The van der Waals surface area contributed by atoms with Gasteiger partial charge in [0.15, 0.2) is 0 Å². The second-order valence-electron chi connectivity index (χ2n) is 17.9. The normalized spacial score (nSPS) is 26.4. The van der Waals surface area contributed by atoms with Gasteiger partial charge in [-0.3, -0.25) is 0 Å². The van der Waals surface area contributed by atoms with Crippen LogP contribution < -0.4 is 4.74 Å². The summed E-state index contributed by atoms with van der Waals surface area (Å²) in [5.41, 5.74) is 13.6. The maximum Gasteiger partial charge on any atom is 0.135 e. The molecule has 0 N–H and O–H groups in total. The number of furan rings is 1. The maximum absolute atomic E-state index is 6.64. The molecule has 14 rings (SSSR count). The van der Waals surface area contributed by atoms with E-state index in [-0.39, 0.29) is 5.41 Å². The van der Waals surface area contributed by atoms with Crippen LogP contribution in [0.5, 0.6) is 11.5 Å². The number of benzene rings is 6. The van der Waals surface area contributed by atoms with Crippen molar-refractivity contribution in [1.29, 1.82) is 0 Å². The minimum Gasteiger partial charge on any atom is -0.457 e. The van der Waals surface area contributed by atoms with Crippen LogP contribution in [0.15, 0.2) is 144 Å². The van der Waals surface area contributed by atoms with Gasteiger partial charge >= 0.3 is 0 Å². The predicted molar refractivity (Wildman–Crippen MR) is 220 cm³/mol. The van der Waals surface area contributed by atoms with E-state index in [0.717, 1.165) is 74.0 Å². The fourth-order valence-electron chi connectivity index (χ4n) is 13.6. The summed E-state index contributed by atoms with van der Waals surface area (Å²) in [5, 5.41) is 2.27. The van der Waals surface area contributed by atoms with Crippen LogP contribution in [0.25, 0.3) is 55.6 Å². The standard InChI is InChI=1S/C52H38N2O2/c1-3-13-38-35(11-1)48-36(12-9-16-41(48)52(38)39-14-4-7-18-46(39)56-47-19-8-5-15-40(47)52)43-25-42(31-20-21-45-37(23-31)34-10-2-6-17-44(34)55-45)53-49(54-43)50-26-30-22-32-24-33(28-50)51(32,27-30)29-50/h1-21,23,25,30,32-33H,22,24,26-29H2/t30-,32-,33?,50?,51?/m0/s1. The second kappa shape index (κ2) is 10.2. The Balaban J connectivity index is 1.04. The van der Waals surface area contributed by atoms with Crippen molar-refractivity contribution in [3.8, 4) is 45.1 Å². The Morgan fingerprint density at radius 3 is 2.12 bits per heavy atom. The molecule has 0 saturated heterocycles. The molecule has 6 aliphatic rings. The zero-order valence-corrected chi connectivity index (χ0v) is 31.0. The second-order valence-corrected chi connectivity index (χ2v) is 17.9. The lowest BCUT2D eigenvalue weighted by atomic mass is 9.55. The molecule has 3 heterocycles. The molecular formula is C52H38N2O2. The highest BCUT2D eigenvalue weighted by molar-refractivity contribution is 6.06. The summed E-state index contributed by atoms with van der Waals surface area (Å²) in [5.74, 6) is 5.43. The number of fused-ring (bicyclic) bond motifs is 14. The van der Waals surface area contributed by atoms with Crippen molar-refractivity contribution in [2.45, 2.75) is 49.4 Å². The maximum atomic E-state index is 6.64. The molecule has 3 bridgehead atoms. The predicted octanol–water partition coefficient (Wildman–Crippen LogP) is 12.6. The van der Waals surface area contributed by atoms with Gasteiger partial charge in [-0.1, -0.05) is 97.1 Å². The Bertz CT molecular complexity index is 2980. The Kier molecular flexibility index (Phi) is 5.53. The number of hydrogen-bond acceptors (Lipinski definition) is 4. The third-order valence-corrected chi connectivity index (χ3v) is 15.5. The van der Waals surface area contributed by atoms with Crippen LogP contribution in [0.3, 0.4) is 0 Å². The van der Waals surface area contributed by atoms with Gasteiger partial charge in [0.1, 0.15) is 28.5 Å². The van der Waals surface area contributed by atoms with Crippen molar-refractivity contribution in [1.82, 2.24) is 9.97 Å². The molecule has 5 aliphatic carbocycles. The zero-order valence-electron chi connectivity index (χ0n) is 31.0. The molecule has 2 spiro atoms. The summed E-state index contributed by atoms with van der Waals surface area (Å²) < 4.78 is 12.9. The molecule has 8 aromatic rings. The lowest BCUT2D eigenvalue weighted by Gasteiger charge is -2.49. The Labute approximate surface area is 325 Å². The van der Waals surface area contributed by atoms with E-state index in [1.807, 2.05) is 6.07 Å². The van der Waals surface area contributed by atoms with Crippen molar-refractivity contribution in [3.05, 3.63) is 168 Å². The summed E-state index contributed by atoms with van der Waals surface area (Å²) in [7, 11) is 0. The van der Waals surface area contributed by atoms with Gasteiger partial charge in [0, 0.05) is 38.4 Å². The van der Waals surface area contributed by atoms with E-state index in [2.05, 4.69) is 133 Å². The number of ether oxygens (including phenoxy) is 1. The first-order chi connectivity index (χ1) is 27.6. The van der Waals surface area contributed by atoms with Gasteiger partial charge in [-0.05, 0) is 126 Å². The minimum atomic E-state index is -0.528. The molecule has 0 radical (unpaired) electrons. The lowest BCUT2D eigenvalue weighted by molar-refractivity contribution is -0.000321. The molecule has 3 unspecified atom stereocenters. The number of hydrogen-bond donors (Lipinski definition) is 0. The van der Waals surface area contributed by atoms with Crippen LogP contribution >= 0.6 is 0 Å². The van der Waals surface area contributed by atoms with E-state index in [4.69, 9.17) is 19.1 Å². The highest BCUT2D eigenvalue weighted by atomic mass is 16.5. The van der Waals surface area contributed by atoms with E-state index >= 15 is 0 Å². The van der Waals surface area contributed by atoms with Crippen LogP contribution in [0.2, 0.25) is 0 Å². The summed E-state index contributed by atoms with van der Waals surface area (Å²) in [6, 6.07) is 50.5. The van der Waals surface area contributed by atoms with Crippen molar-refractivity contribution in [3.63, 3.8) is 0 Å². The molecule has 0 amide bonds.